The molecule has 0 saturated carbocycles. The normalized spacial score (nSPS) is 10.5. The van der Waals surface area contributed by atoms with Crippen molar-refractivity contribution in [3.63, 3.8) is 0 Å². The molecule has 0 bridgehead atoms. The van der Waals surface area contributed by atoms with Crippen LogP contribution in [0.15, 0.2) is 72.8 Å². The lowest BCUT2D eigenvalue weighted by atomic mass is 10.0. The third-order valence-electron chi connectivity index (χ3n) is 4.43. The second-order valence-electron chi connectivity index (χ2n) is 6.50. The minimum Gasteiger partial charge on any atom is -0.489 e. The van der Waals surface area contributed by atoms with Gasteiger partial charge in [0, 0.05) is 5.69 Å². The van der Waals surface area contributed by atoms with Gasteiger partial charge in [-0.05, 0) is 66.3 Å². The lowest BCUT2D eigenvalue weighted by molar-refractivity contribution is 0.0697. The van der Waals surface area contributed by atoms with Gasteiger partial charge in [-0.3, -0.25) is 0 Å². The molecule has 0 aromatic heterocycles. The summed E-state index contributed by atoms with van der Waals surface area (Å²) in [5.41, 5.74) is 10.2. The molecule has 138 valence electrons. The molecular weight excluding hydrogens is 338 g/mol. The molecule has 0 spiro atoms. The Bertz CT molecular complexity index is 904. The maximum Gasteiger partial charge on any atom is 0.335 e. The summed E-state index contributed by atoms with van der Waals surface area (Å²) in [4.78, 5) is 10.9. The summed E-state index contributed by atoms with van der Waals surface area (Å²) in [6.07, 6.45) is 2.75. The van der Waals surface area contributed by atoms with E-state index in [4.69, 9.17) is 15.6 Å². The highest BCUT2D eigenvalue weighted by Crippen LogP contribution is 2.22. The fraction of sp³-hybridized carbons (Fsp3) is 0.174. The van der Waals surface area contributed by atoms with E-state index in [2.05, 4.69) is 6.07 Å². The van der Waals surface area contributed by atoms with Crippen molar-refractivity contribution in [3.8, 4) is 5.75 Å². The SMILES string of the molecule is Nc1cccc(COc2ccccc2CCCc2ccc(C(=O)O)cc2)c1. The fourth-order valence-corrected chi connectivity index (χ4v) is 2.99. The Hall–Kier alpha value is -3.27. The van der Waals surface area contributed by atoms with Crippen LogP contribution in [0.4, 0.5) is 5.69 Å². The third kappa shape index (κ3) is 5.35. The molecule has 3 aromatic carbocycles. The first-order chi connectivity index (χ1) is 13.1. The Balaban J connectivity index is 1.56. The summed E-state index contributed by atoms with van der Waals surface area (Å²) in [6, 6.07) is 22.8. The number of hydrogen-bond donors (Lipinski definition) is 2. The number of aromatic carboxylic acids is 1. The van der Waals surface area contributed by atoms with Gasteiger partial charge in [-0.2, -0.15) is 0 Å². The summed E-state index contributed by atoms with van der Waals surface area (Å²) in [5, 5.41) is 8.96. The second-order valence-corrected chi connectivity index (χ2v) is 6.50. The minimum atomic E-state index is -0.896. The largest absolute Gasteiger partial charge is 0.489 e. The molecule has 0 unspecified atom stereocenters. The van der Waals surface area contributed by atoms with E-state index in [-0.39, 0.29) is 0 Å². The number of carboxylic acids is 1. The van der Waals surface area contributed by atoms with E-state index < -0.39 is 5.97 Å². The third-order valence-corrected chi connectivity index (χ3v) is 4.43. The van der Waals surface area contributed by atoms with Crippen LogP contribution < -0.4 is 10.5 Å². The molecule has 3 aromatic rings. The van der Waals surface area contributed by atoms with E-state index in [0.717, 1.165) is 41.8 Å². The topological polar surface area (TPSA) is 72.5 Å². The zero-order valence-corrected chi connectivity index (χ0v) is 15.1. The summed E-state index contributed by atoms with van der Waals surface area (Å²) in [5.74, 6) is -0.00560. The number of hydrogen-bond acceptors (Lipinski definition) is 3. The molecule has 3 N–H and O–H groups in total. The van der Waals surface area contributed by atoms with Gasteiger partial charge in [-0.15, -0.1) is 0 Å². The molecule has 4 nitrogen and oxygen atoms in total. The number of anilines is 1. The highest BCUT2D eigenvalue weighted by atomic mass is 16.5. The van der Waals surface area contributed by atoms with Gasteiger partial charge in [0.2, 0.25) is 0 Å². The number of carboxylic acid groups (broad SMARTS) is 1. The van der Waals surface area contributed by atoms with Gasteiger partial charge in [-0.25, -0.2) is 4.79 Å². The van der Waals surface area contributed by atoms with Crippen LogP contribution in [0.25, 0.3) is 0 Å². The summed E-state index contributed by atoms with van der Waals surface area (Å²) < 4.78 is 6.00. The van der Waals surface area contributed by atoms with Crippen LogP contribution in [-0.4, -0.2) is 11.1 Å². The molecule has 0 amide bonds. The maximum absolute atomic E-state index is 10.9. The smallest absolute Gasteiger partial charge is 0.335 e. The first-order valence-electron chi connectivity index (χ1n) is 8.99. The number of carbonyl (C=O) groups is 1. The van der Waals surface area contributed by atoms with Crippen LogP contribution in [-0.2, 0) is 19.4 Å². The second kappa shape index (κ2) is 8.90. The van der Waals surface area contributed by atoms with Crippen molar-refractivity contribution in [1.82, 2.24) is 0 Å². The molecule has 0 heterocycles. The first kappa shape index (κ1) is 18.5. The van der Waals surface area contributed by atoms with Crippen molar-refractivity contribution in [2.45, 2.75) is 25.9 Å². The van der Waals surface area contributed by atoms with Gasteiger partial charge in [0.25, 0.3) is 0 Å². The van der Waals surface area contributed by atoms with Crippen LogP contribution in [0.3, 0.4) is 0 Å². The number of aryl methyl sites for hydroxylation is 2. The Morgan fingerprint density at radius 2 is 1.67 bits per heavy atom. The average molecular weight is 361 g/mol. The molecule has 3 rings (SSSR count). The van der Waals surface area contributed by atoms with E-state index in [1.165, 1.54) is 5.56 Å². The molecule has 0 aliphatic heterocycles. The van der Waals surface area contributed by atoms with Crippen molar-refractivity contribution in [2.75, 3.05) is 5.73 Å². The molecular formula is C23H23NO3. The zero-order chi connectivity index (χ0) is 19.1. The van der Waals surface area contributed by atoms with Gasteiger partial charge >= 0.3 is 5.97 Å². The van der Waals surface area contributed by atoms with Crippen LogP contribution >= 0.6 is 0 Å². The van der Waals surface area contributed by atoms with Crippen LogP contribution in [0.1, 0.15) is 33.5 Å². The molecule has 4 heteroatoms. The molecule has 0 saturated heterocycles. The molecule has 0 fully saturated rings. The quantitative estimate of drug-likeness (QED) is 0.569. The van der Waals surface area contributed by atoms with Crippen molar-refractivity contribution in [2.24, 2.45) is 0 Å². The fourth-order valence-electron chi connectivity index (χ4n) is 2.99. The van der Waals surface area contributed by atoms with E-state index in [9.17, 15) is 4.79 Å². The standard InChI is InChI=1S/C23H23NO3/c24-21-9-4-6-18(15-21)16-27-22-10-2-1-7-19(22)8-3-5-17-11-13-20(14-12-17)23(25)26/h1-2,4,6-7,9-15H,3,5,8,16,24H2,(H,25,26). The first-order valence-corrected chi connectivity index (χ1v) is 8.99. The summed E-state index contributed by atoms with van der Waals surface area (Å²) in [6.45, 7) is 0.485. The van der Waals surface area contributed by atoms with Gasteiger partial charge in [0.15, 0.2) is 0 Å². The predicted octanol–water partition coefficient (Wildman–Crippen LogP) is 4.72. The van der Waals surface area contributed by atoms with E-state index >= 15 is 0 Å². The number of nitrogens with two attached hydrogens (primary N) is 1. The van der Waals surface area contributed by atoms with Crippen LogP contribution in [0, 0.1) is 0 Å². The number of ether oxygens (including phenoxy) is 1. The molecule has 0 aliphatic rings. The summed E-state index contributed by atoms with van der Waals surface area (Å²) >= 11 is 0. The zero-order valence-electron chi connectivity index (χ0n) is 15.1. The van der Waals surface area contributed by atoms with Gasteiger partial charge in [0.1, 0.15) is 12.4 Å². The highest BCUT2D eigenvalue weighted by molar-refractivity contribution is 5.87. The van der Waals surface area contributed by atoms with Gasteiger partial charge < -0.3 is 15.6 Å². The number of rotatable bonds is 8. The van der Waals surface area contributed by atoms with Crippen molar-refractivity contribution >= 4 is 11.7 Å². The van der Waals surface area contributed by atoms with E-state index in [0.29, 0.717) is 12.2 Å². The highest BCUT2D eigenvalue weighted by Gasteiger charge is 2.05. The maximum atomic E-state index is 10.9. The van der Waals surface area contributed by atoms with Gasteiger partial charge in [-0.1, -0.05) is 42.5 Å². The average Bonchev–Trinajstić information content (AvgIpc) is 2.68. The van der Waals surface area contributed by atoms with E-state index in [1.54, 1.807) is 12.1 Å². The lowest BCUT2D eigenvalue weighted by Crippen LogP contribution is -2.00. The molecule has 27 heavy (non-hydrogen) atoms. The number of benzene rings is 3. The predicted molar refractivity (Wildman–Crippen MR) is 107 cm³/mol. The molecule has 0 aliphatic carbocycles. The monoisotopic (exact) mass is 361 g/mol. The van der Waals surface area contributed by atoms with Crippen molar-refractivity contribution < 1.29 is 14.6 Å². The van der Waals surface area contributed by atoms with Crippen molar-refractivity contribution in [3.05, 3.63) is 95.1 Å². The van der Waals surface area contributed by atoms with Gasteiger partial charge in [0.05, 0.1) is 5.56 Å². The lowest BCUT2D eigenvalue weighted by Gasteiger charge is -2.12. The Kier molecular flexibility index (Phi) is 6.10. The summed E-state index contributed by atoms with van der Waals surface area (Å²) in [7, 11) is 0. The molecule has 0 atom stereocenters. The Morgan fingerprint density at radius 3 is 2.41 bits per heavy atom. The number of para-hydroxylation sites is 1. The van der Waals surface area contributed by atoms with E-state index in [1.807, 2.05) is 54.6 Å². The van der Waals surface area contributed by atoms with Crippen LogP contribution in [0.5, 0.6) is 5.75 Å². The van der Waals surface area contributed by atoms with Crippen LogP contribution in [0.2, 0.25) is 0 Å². The Labute approximate surface area is 159 Å². The minimum absolute atomic E-state index is 0.319. The van der Waals surface area contributed by atoms with Crippen molar-refractivity contribution in [1.29, 1.82) is 0 Å². The number of nitrogen functional groups attached to an aromatic ring is 1. The Morgan fingerprint density at radius 1 is 0.889 bits per heavy atom. The molecule has 0 radical (unpaired) electrons.